The van der Waals surface area contributed by atoms with Gasteiger partial charge in [0, 0.05) is 5.41 Å². The SMILES string of the molecule is CC[C@]12CC(=O)O[C@H]1C=C[C@H](C)C2. The van der Waals surface area contributed by atoms with Gasteiger partial charge in [-0.3, -0.25) is 4.79 Å². The second kappa shape index (κ2) is 2.86. The summed E-state index contributed by atoms with van der Waals surface area (Å²) < 4.78 is 5.28. The molecule has 0 saturated carbocycles. The molecule has 0 aromatic heterocycles. The summed E-state index contributed by atoms with van der Waals surface area (Å²) in [4.78, 5) is 11.2. The topological polar surface area (TPSA) is 26.3 Å². The van der Waals surface area contributed by atoms with Crippen LogP contribution in [0.25, 0.3) is 0 Å². The maximum Gasteiger partial charge on any atom is 0.307 e. The molecule has 2 rings (SSSR count). The third-order valence-electron chi connectivity index (χ3n) is 3.41. The van der Waals surface area contributed by atoms with Crippen molar-refractivity contribution >= 4 is 5.97 Å². The van der Waals surface area contributed by atoms with Crippen LogP contribution in [0.2, 0.25) is 0 Å². The van der Waals surface area contributed by atoms with Gasteiger partial charge in [-0.2, -0.15) is 0 Å². The van der Waals surface area contributed by atoms with Crippen LogP contribution in [0.15, 0.2) is 12.2 Å². The monoisotopic (exact) mass is 180 g/mol. The van der Waals surface area contributed by atoms with Crippen molar-refractivity contribution in [1.29, 1.82) is 0 Å². The van der Waals surface area contributed by atoms with Gasteiger partial charge in [0.15, 0.2) is 0 Å². The highest BCUT2D eigenvalue weighted by molar-refractivity contribution is 5.73. The predicted octanol–water partition coefficient (Wildman–Crippen LogP) is 2.29. The van der Waals surface area contributed by atoms with E-state index in [0.717, 1.165) is 12.8 Å². The normalized spacial score (nSPS) is 43.1. The summed E-state index contributed by atoms with van der Waals surface area (Å²) >= 11 is 0. The molecular weight excluding hydrogens is 164 g/mol. The number of rotatable bonds is 1. The van der Waals surface area contributed by atoms with E-state index in [9.17, 15) is 4.79 Å². The molecule has 0 spiro atoms. The van der Waals surface area contributed by atoms with Crippen molar-refractivity contribution in [3.05, 3.63) is 12.2 Å². The van der Waals surface area contributed by atoms with Gasteiger partial charge in [-0.05, 0) is 24.8 Å². The van der Waals surface area contributed by atoms with Crippen LogP contribution in [0.5, 0.6) is 0 Å². The first-order valence-electron chi connectivity index (χ1n) is 5.04. The quantitative estimate of drug-likeness (QED) is 0.457. The number of esters is 1. The first kappa shape index (κ1) is 8.79. The van der Waals surface area contributed by atoms with Crippen molar-refractivity contribution in [1.82, 2.24) is 0 Å². The van der Waals surface area contributed by atoms with Crippen LogP contribution in [0.4, 0.5) is 0 Å². The predicted molar refractivity (Wildman–Crippen MR) is 50.1 cm³/mol. The lowest BCUT2D eigenvalue weighted by molar-refractivity contribution is -0.140. The standard InChI is InChI=1S/C11H16O2/c1-3-11-6-8(2)4-5-9(11)13-10(12)7-11/h4-5,8-9H,3,6-7H2,1-2H3/t8-,9-,11-/m0/s1. The van der Waals surface area contributed by atoms with Crippen molar-refractivity contribution in [3.63, 3.8) is 0 Å². The van der Waals surface area contributed by atoms with Crippen molar-refractivity contribution < 1.29 is 9.53 Å². The number of hydrogen-bond acceptors (Lipinski definition) is 2. The molecule has 0 amide bonds. The molecule has 2 aliphatic rings. The van der Waals surface area contributed by atoms with E-state index in [1.54, 1.807) is 0 Å². The van der Waals surface area contributed by atoms with Gasteiger partial charge in [0.1, 0.15) is 6.10 Å². The van der Waals surface area contributed by atoms with Crippen LogP contribution in [0, 0.1) is 11.3 Å². The molecule has 1 aliphatic heterocycles. The molecule has 0 aromatic carbocycles. The molecule has 0 unspecified atom stereocenters. The highest BCUT2D eigenvalue weighted by Gasteiger charge is 2.48. The van der Waals surface area contributed by atoms with Crippen LogP contribution >= 0.6 is 0 Å². The molecule has 1 saturated heterocycles. The fourth-order valence-corrected chi connectivity index (χ4v) is 2.60. The maximum absolute atomic E-state index is 11.2. The zero-order valence-electron chi connectivity index (χ0n) is 8.25. The minimum Gasteiger partial charge on any atom is -0.457 e. The molecule has 0 radical (unpaired) electrons. The molecule has 2 heteroatoms. The lowest BCUT2D eigenvalue weighted by Gasteiger charge is -2.35. The van der Waals surface area contributed by atoms with E-state index < -0.39 is 0 Å². The molecular formula is C11H16O2. The molecule has 1 aliphatic carbocycles. The summed E-state index contributed by atoms with van der Waals surface area (Å²) in [5, 5.41) is 0. The number of ether oxygens (including phenoxy) is 1. The number of hydrogen-bond donors (Lipinski definition) is 0. The van der Waals surface area contributed by atoms with E-state index in [1.807, 2.05) is 0 Å². The first-order valence-corrected chi connectivity index (χ1v) is 5.04. The minimum atomic E-state index is -0.0226. The average molecular weight is 180 g/mol. The Hall–Kier alpha value is -0.790. The molecule has 72 valence electrons. The molecule has 0 N–H and O–H groups in total. The maximum atomic E-state index is 11.2. The van der Waals surface area contributed by atoms with E-state index in [2.05, 4.69) is 26.0 Å². The Labute approximate surface area is 79.0 Å². The minimum absolute atomic E-state index is 0.0226. The number of carbonyl (C=O) groups is 1. The lowest BCUT2D eigenvalue weighted by Crippen LogP contribution is -2.33. The smallest absolute Gasteiger partial charge is 0.307 e. The van der Waals surface area contributed by atoms with Crippen molar-refractivity contribution in [2.45, 2.75) is 39.2 Å². The Kier molecular flexibility index (Phi) is 1.94. The van der Waals surface area contributed by atoms with Crippen LogP contribution < -0.4 is 0 Å². The number of allylic oxidation sites excluding steroid dienone is 1. The summed E-state index contributed by atoms with van der Waals surface area (Å²) in [7, 11) is 0. The molecule has 3 atom stereocenters. The largest absolute Gasteiger partial charge is 0.457 e. The van der Waals surface area contributed by atoms with Gasteiger partial charge >= 0.3 is 5.97 Å². The van der Waals surface area contributed by atoms with Gasteiger partial charge in [-0.15, -0.1) is 0 Å². The van der Waals surface area contributed by atoms with E-state index in [0.29, 0.717) is 12.3 Å². The zero-order valence-corrected chi connectivity index (χ0v) is 8.25. The third-order valence-corrected chi connectivity index (χ3v) is 3.41. The fraction of sp³-hybridized carbons (Fsp3) is 0.727. The molecule has 1 fully saturated rings. The summed E-state index contributed by atoms with van der Waals surface area (Å²) in [5.41, 5.74) is 0.116. The highest BCUT2D eigenvalue weighted by atomic mass is 16.6. The number of fused-ring (bicyclic) bond motifs is 1. The second-order valence-corrected chi connectivity index (χ2v) is 4.37. The van der Waals surface area contributed by atoms with Gasteiger partial charge in [-0.1, -0.05) is 19.9 Å². The van der Waals surface area contributed by atoms with Crippen LogP contribution in [0.3, 0.4) is 0 Å². The van der Waals surface area contributed by atoms with Crippen LogP contribution in [-0.4, -0.2) is 12.1 Å². The van der Waals surface area contributed by atoms with E-state index in [4.69, 9.17) is 4.74 Å². The Morgan fingerprint density at radius 2 is 2.38 bits per heavy atom. The van der Waals surface area contributed by atoms with Crippen molar-refractivity contribution in [2.24, 2.45) is 11.3 Å². The highest BCUT2D eigenvalue weighted by Crippen LogP contribution is 2.47. The Morgan fingerprint density at radius 1 is 1.62 bits per heavy atom. The van der Waals surface area contributed by atoms with Crippen LogP contribution in [-0.2, 0) is 9.53 Å². The molecule has 0 bridgehead atoms. The van der Waals surface area contributed by atoms with Crippen molar-refractivity contribution in [2.75, 3.05) is 0 Å². The summed E-state index contributed by atoms with van der Waals surface area (Å²) in [6.45, 7) is 4.35. The second-order valence-electron chi connectivity index (χ2n) is 4.37. The van der Waals surface area contributed by atoms with Gasteiger partial charge in [0.05, 0.1) is 6.42 Å². The summed E-state index contributed by atoms with van der Waals surface area (Å²) in [6, 6.07) is 0. The zero-order chi connectivity index (χ0) is 9.47. The summed E-state index contributed by atoms with van der Waals surface area (Å²) in [5.74, 6) is 0.566. The van der Waals surface area contributed by atoms with Gasteiger partial charge < -0.3 is 4.74 Å². The molecule has 2 nitrogen and oxygen atoms in total. The van der Waals surface area contributed by atoms with E-state index >= 15 is 0 Å². The molecule has 13 heavy (non-hydrogen) atoms. The number of carbonyl (C=O) groups excluding carboxylic acids is 1. The molecule has 1 heterocycles. The lowest BCUT2D eigenvalue weighted by atomic mass is 9.69. The van der Waals surface area contributed by atoms with E-state index in [1.165, 1.54) is 0 Å². The third kappa shape index (κ3) is 1.28. The van der Waals surface area contributed by atoms with Crippen LogP contribution in [0.1, 0.15) is 33.1 Å². The van der Waals surface area contributed by atoms with E-state index in [-0.39, 0.29) is 17.5 Å². The Bertz CT molecular complexity index is 257. The van der Waals surface area contributed by atoms with Gasteiger partial charge in [0.2, 0.25) is 0 Å². The Balaban J connectivity index is 2.28. The fourth-order valence-electron chi connectivity index (χ4n) is 2.60. The average Bonchev–Trinajstić information content (AvgIpc) is 2.41. The van der Waals surface area contributed by atoms with Gasteiger partial charge in [-0.25, -0.2) is 0 Å². The van der Waals surface area contributed by atoms with Gasteiger partial charge in [0.25, 0.3) is 0 Å². The Morgan fingerprint density at radius 3 is 3.08 bits per heavy atom. The first-order chi connectivity index (χ1) is 6.16. The molecule has 0 aromatic rings. The van der Waals surface area contributed by atoms with Crippen molar-refractivity contribution in [3.8, 4) is 0 Å². The summed E-state index contributed by atoms with van der Waals surface area (Å²) in [6.07, 6.45) is 7.04.